The molecule has 4 heteroatoms. The second-order valence-corrected chi connectivity index (χ2v) is 4.77. The number of hydrogen-bond acceptors (Lipinski definition) is 3. The van der Waals surface area contributed by atoms with Crippen LogP contribution >= 0.6 is 0 Å². The van der Waals surface area contributed by atoms with Crippen LogP contribution < -0.4 is 5.32 Å². The first-order valence-corrected chi connectivity index (χ1v) is 6.93. The number of carbonyl (C=O) groups is 1. The van der Waals surface area contributed by atoms with E-state index in [1.165, 1.54) is 17.7 Å². The molecular weight excluding hydrogens is 276 g/mol. The maximum absolute atomic E-state index is 12.1. The summed E-state index contributed by atoms with van der Waals surface area (Å²) in [6, 6.07) is 15.7. The van der Waals surface area contributed by atoms with Gasteiger partial charge in [0.15, 0.2) is 0 Å². The third-order valence-corrected chi connectivity index (χ3v) is 3.19. The first-order chi connectivity index (χ1) is 10.6. The summed E-state index contributed by atoms with van der Waals surface area (Å²) < 4.78 is 0. The van der Waals surface area contributed by atoms with Gasteiger partial charge in [-0.15, -0.1) is 0 Å². The molecule has 0 aromatic heterocycles. The van der Waals surface area contributed by atoms with Crippen LogP contribution in [0.2, 0.25) is 0 Å². The zero-order valence-corrected chi connectivity index (χ0v) is 12.2. The summed E-state index contributed by atoms with van der Waals surface area (Å²) in [6.45, 7) is 2.07. The Labute approximate surface area is 129 Å². The number of phenolic OH excluding ortho intramolecular Hbond substituents is 1. The summed E-state index contributed by atoms with van der Waals surface area (Å²) in [5.74, 6) is -0.363. The lowest BCUT2D eigenvalue weighted by atomic mass is 10.1. The maximum Gasteiger partial charge on any atom is 0.266 e. The summed E-state index contributed by atoms with van der Waals surface area (Å²) in [7, 11) is 0. The van der Waals surface area contributed by atoms with Gasteiger partial charge in [0.25, 0.3) is 5.91 Å². The molecule has 0 atom stereocenters. The molecule has 0 bridgehead atoms. The van der Waals surface area contributed by atoms with E-state index >= 15 is 0 Å². The normalized spacial score (nSPS) is 10.8. The smallest absolute Gasteiger partial charge is 0.266 e. The van der Waals surface area contributed by atoms with Crippen LogP contribution in [0.15, 0.2) is 54.1 Å². The van der Waals surface area contributed by atoms with E-state index in [4.69, 9.17) is 5.26 Å². The number of aromatic hydroxyl groups is 1. The Hall–Kier alpha value is -3.06. The third kappa shape index (κ3) is 3.97. The molecule has 0 spiro atoms. The lowest BCUT2D eigenvalue weighted by Gasteiger charge is -2.04. The molecule has 22 heavy (non-hydrogen) atoms. The van der Waals surface area contributed by atoms with Gasteiger partial charge in [0.05, 0.1) is 0 Å². The van der Waals surface area contributed by atoms with Gasteiger partial charge in [-0.25, -0.2) is 0 Å². The number of aryl methyl sites for hydroxylation is 1. The molecule has 4 nitrogen and oxygen atoms in total. The molecule has 0 unspecified atom stereocenters. The molecule has 1 amide bonds. The quantitative estimate of drug-likeness (QED) is 0.514. The topological polar surface area (TPSA) is 73.1 Å². The number of nitrogens with one attached hydrogen (secondary N) is 1. The largest absolute Gasteiger partial charge is 0.508 e. The minimum absolute atomic E-state index is 0.0253. The van der Waals surface area contributed by atoms with Crippen LogP contribution in [0.4, 0.5) is 5.69 Å². The van der Waals surface area contributed by atoms with E-state index in [1.807, 2.05) is 30.3 Å². The van der Waals surface area contributed by atoms with Crippen molar-refractivity contribution in [1.82, 2.24) is 0 Å². The lowest BCUT2D eigenvalue weighted by Crippen LogP contribution is -2.13. The Morgan fingerprint density at radius 1 is 1.18 bits per heavy atom. The van der Waals surface area contributed by atoms with Crippen molar-refractivity contribution in [2.75, 3.05) is 5.32 Å². The number of carbonyl (C=O) groups excluding carboxylic acids is 1. The zero-order chi connectivity index (χ0) is 15.9. The standard InChI is InChI=1S/C18H16N2O2/c1-2-13-3-5-14(6-4-13)11-15(12-19)18(22)20-16-7-9-17(21)10-8-16/h3-11,21H,2H2,1H3,(H,20,22). The highest BCUT2D eigenvalue weighted by Crippen LogP contribution is 2.15. The van der Waals surface area contributed by atoms with Crippen LogP contribution in [-0.4, -0.2) is 11.0 Å². The summed E-state index contributed by atoms with van der Waals surface area (Å²) in [6.07, 6.45) is 2.49. The number of phenols is 1. The van der Waals surface area contributed by atoms with Crippen molar-refractivity contribution in [1.29, 1.82) is 5.26 Å². The van der Waals surface area contributed by atoms with Crippen LogP contribution in [0, 0.1) is 11.3 Å². The Balaban J connectivity index is 2.15. The number of anilines is 1. The number of nitriles is 1. The number of benzene rings is 2. The fourth-order valence-corrected chi connectivity index (χ4v) is 1.91. The number of nitrogens with zero attached hydrogens (tertiary/aromatic N) is 1. The zero-order valence-electron chi connectivity index (χ0n) is 12.2. The SMILES string of the molecule is CCc1ccc(C=C(C#N)C(=O)Nc2ccc(O)cc2)cc1. The van der Waals surface area contributed by atoms with Gasteiger partial charge in [-0.05, 0) is 47.9 Å². The summed E-state index contributed by atoms with van der Waals surface area (Å²) in [5.41, 5.74) is 2.54. The molecule has 2 aromatic carbocycles. The highest BCUT2D eigenvalue weighted by molar-refractivity contribution is 6.09. The fourth-order valence-electron chi connectivity index (χ4n) is 1.91. The van der Waals surface area contributed by atoms with Gasteiger partial charge in [-0.3, -0.25) is 4.79 Å². The van der Waals surface area contributed by atoms with Crippen molar-refractivity contribution < 1.29 is 9.90 Å². The van der Waals surface area contributed by atoms with Gasteiger partial charge < -0.3 is 10.4 Å². The number of amides is 1. The van der Waals surface area contributed by atoms with E-state index in [1.54, 1.807) is 18.2 Å². The molecule has 0 aliphatic heterocycles. The van der Waals surface area contributed by atoms with E-state index in [-0.39, 0.29) is 11.3 Å². The molecule has 0 saturated heterocycles. The van der Waals surface area contributed by atoms with E-state index in [0.717, 1.165) is 12.0 Å². The van der Waals surface area contributed by atoms with E-state index in [0.29, 0.717) is 5.69 Å². The average Bonchev–Trinajstić information content (AvgIpc) is 2.55. The van der Waals surface area contributed by atoms with Gasteiger partial charge in [0.2, 0.25) is 0 Å². The number of rotatable bonds is 4. The molecular formula is C18H16N2O2. The van der Waals surface area contributed by atoms with Gasteiger partial charge in [0.1, 0.15) is 17.4 Å². The Morgan fingerprint density at radius 2 is 1.82 bits per heavy atom. The summed E-state index contributed by atoms with van der Waals surface area (Å²) >= 11 is 0. The molecule has 2 N–H and O–H groups in total. The Kier molecular flexibility index (Phi) is 4.94. The molecule has 0 fully saturated rings. The van der Waals surface area contributed by atoms with Gasteiger partial charge in [0, 0.05) is 5.69 Å². The minimum Gasteiger partial charge on any atom is -0.508 e. The predicted molar refractivity (Wildman–Crippen MR) is 86.1 cm³/mol. The highest BCUT2D eigenvalue weighted by atomic mass is 16.3. The first-order valence-electron chi connectivity index (χ1n) is 6.93. The van der Waals surface area contributed by atoms with Crippen LogP contribution in [0.1, 0.15) is 18.1 Å². The van der Waals surface area contributed by atoms with Crippen LogP contribution in [-0.2, 0) is 11.2 Å². The van der Waals surface area contributed by atoms with Gasteiger partial charge >= 0.3 is 0 Å². The molecule has 0 radical (unpaired) electrons. The van der Waals surface area contributed by atoms with E-state index in [2.05, 4.69) is 12.2 Å². The minimum atomic E-state index is -0.479. The Morgan fingerprint density at radius 3 is 2.36 bits per heavy atom. The van der Waals surface area contributed by atoms with E-state index < -0.39 is 5.91 Å². The Bertz CT molecular complexity index is 723. The van der Waals surface area contributed by atoms with Crippen molar-refractivity contribution in [2.45, 2.75) is 13.3 Å². The van der Waals surface area contributed by atoms with Crippen LogP contribution in [0.3, 0.4) is 0 Å². The van der Waals surface area contributed by atoms with Crippen molar-refractivity contribution in [2.24, 2.45) is 0 Å². The van der Waals surface area contributed by atoms with Crippen molar-refractivity contribution in [3.63, 3.8) is 0 Å². The van der Waals surface area contributed by atoms with E-state index in [9.17, 15) is 9.90 Å². The molecule has 0 aliphatic rings. The van der Waals surface area contributed by atoms with Crippen molar-refractivity contribution >= 4 is 17.7 Å². The van der Waals surface area contributed by atoms with Gasteiger partial charge in [-0.2, -0.15) is 5.26 Å². The van der Waals surface area contributed by atoms with Crippen LogP contribution in [0.25, 0.3) is 6.08 Å². The summed E-state index contributed by atoms with van der Waals surface area (Å²) in [5, 5.41) is 21.0. The molecule has 2 aromatic rings. The predicted octanol–water partition coefficient (Wildman–Crippen LogP) is 3.50. The van der Waals surface area contributed by atoms with Crippen molar-refractivity contribution in [3.8, 4) is 11.8 Å². The second-order valence-electron chi connectivity index (χ2n) is 4.77. The lowest BCUT2D eigenvalue weighted by molar-refractivity contribution is -0.112. The highest BCUT2D eigenvalue weighted by Gasteiger charge is 2.09. The second kappa shape index (κ2) is 7.09. The number of hydrogen-bond donors (Lipinski definition) is 2. The van der Waals surface area contributed by atoms with Crippen LogP contribution in [0.5, 0.6) is 5.75 Å². The third-order valence-electron chi connectivity index (χ3n) is 3.19. The molecule has 2 rings (SSSR count). The summed E-state index contributed by atoms with van der Waals surface area (Å²) in [4.78, 5) is 12.1. The first kappa shape index (κ1) is 15.3. The molecule has 110 valence electrons. The fraction of sp³-hybridized carbons (Fsp3) is 0.111. The van der Waals surface area contributed by atoms with Gasteiger partial charge in [-0.1, -0.05) is 31.2 Å². The molecule has 0 saturated carbocycles. The maximum atomic E-state index is 12.1. The van der Waals surface area contributed by atoms with Crippen molar-refractivity contribution in [3.05, 3.63) is 65.2 Å². The molecule has 0 aliphatic carbocycles. The average molecular weight is 292 g/mol. The monoisotopic (exact) mass is 292 g/mol. The molecule has 0 heterocycles.